The number of rotatable bonds is 10. The van der Waals surface area contributed by atoms with E-state index in [9.17, 15) is 9.90 Å². The van der Waals surface area contributed by atoms with Gasteiger partial charge in [0.2, 0.25) is 5.91 Å². The van der Waals surface area contributed by atoms with Crippen LogP contribution in [0.2, 0.25) is 0 Å². The maximum Gasteiger partial charge on any atom is 0.220 e. The summed E-state index contributed by atoms with van der Waals surface area (Å²) in [6.45, 7) is 7.54. The molecule has 2 atom stereocenters. The molecule has 20 heavy (non-hydrogen) atoms. The Bertz CT molecular complexity index is 278. The molecule has 4 N–H and O–H groups in total. The highest BCUT2D eigenvalue weighted by Gasteiger charge is 2.22. The molecule has 0 spiro atoms. The Morgan fingerprint density at radius 2 is 1.95 bits per heavy atom. The normalized spacial score (nSPS) is 16.2. The minimum absolute atomic E-state index is 0.00621. The second kappa shape index (κ2) is 9.32. The minimum atomic E-state index is -0.895. The summed E-state index contributed by atoms with van der Waals surface area (Å²) in [5, 5.41) is 12.9. The summed E-state index contributed by atoms with van der Waals surface area (Å²) < 4.78 is 0. The van der Waals surface area contributed by atoms with E-state index in [1.165, 1.54) is 0 Å². The van der Waals surface area contributed by atoms with Crippen LogP contribution in [-0.4, -0.2) is 55.2 Å². The van der Waals surface area contributed by atoms with Crippen molar-refractivity contribution < 1.29 is 9.90 Å². The number of nitrogens with zero attached hydrogens (tertiary/aromatic N) is 1. The van der Waals surface area contributed by atoms with Crippen LogP contribution in [0.15, 0.2) is 0 Å². The highest BCUT2D eigenvalue weighted by molar-refractivity contribution is 5.75. The van der Waals surface area contributed by atoms with Crippen LogP contribution < -0.4 is 11.1 Å². The van der Waals surface area contributed by atoms with Crippen molar-refractivity contribution in [3.63, 3.8) is 0 Å². The Morgan fingerprint density at radius 3 is 2.40 bits per heavy atom. The van der Waals surface area contributed by atoms with Crippen LogP contribution in [0.1, 0.15) is 40.0 Å². The third-order valence-corrected chi connectivity index (χ3v) is 3.55. The Balaban J connectivity index is 4.04. The first-order chi connectivity index (χ1) is 9.18. The Morgan fingerprint density at radius 1 is 1.35 bits per heavy atom. The predicted octanol–water partition coefficient (Wildman–Crippen LogP) is 0.816. The largest absolute Gasteiger partial charge is 0.387 e. The van der Waals surface area contributed by atoms with Gasteiger partial charge in [0, 0.05) is 19.5 Å². The van der Waals surface area contributed by atoms with Crippen LogP contribution in [0.5, 0.6) is 0 Å². The monoisotopic (exact) mass is 287 g/mol. The molecule has 0 aliphatic rings. The van der Waals surface area contributed by atoms with Crippen molar-refractivity contribution in [2.45, 2.75) is 45.6 Å². The van der Waals surface area contributed by atoms with Gasteiger partial charge in [0.05, 0.1) is 5.60 Å². The summed E-state index contributed by atoms with van der Waals surface area (Å²) >= 11 is 0. The van der Waals surface area contributed by atoms with Gasteiger partial charge < -0.3 is 21.1 Å². The number of likely N-dealkylation sites (N-methyl/N-ethyl adjacent to an activating group) is 1. The number of aliphatic hydroxyl groups is 1. The first-order valence-electron chi connectivity index (χ1n) is 7.52. The van der Waals surface area contributed by atoms with E-state index in [0.717, 1.165) is 12.8 Å². The molecule has 5 heteroatoms. The Kier molecular flexibility index (Phi) is 9.01. The number of amides is 1. The maximum absolute atomic E-state index is 11.8. The molecule has 0 saturated carbocycles. The minimum Gasteiger partial charge on any atom is -0.387 e. The van der Waals surface area contributed by atoms with Gasteiger partial charge in [0.15, 0.2) is 0 Å². The molecule has 0 saturated heterocycles. The molecule has 5 nitrogen and oxygen atoms in total. The molecular weight excluding hydrogens is 254 g/mol. The fraction of sp³-hybridized carbons (Fsp3) is 0.933. The fourth-order valence-electron chi connectivity index (χ4n) is 2.46. The van der Waals surface area contributed by atoms with Crippen LogP contribution in [0.4, 0.5) is 0 Å². The van der Waals surface area contributed by atoms with Gasteiger partial charge in [-0.1, -0.05) is 13.8 Å². The van der Waals surface area contributed by atoms with Crippen LogP contribution in [0.25, 0.3) is 0 Å². The number of hydrogen-bond acceptors (Lipinski definition) is 4. The van der Waals surface area contributed by atoms with Gasteiger partial charge in [-0.3, -0.25) is 4.79 Å². The molecule has 0 aliphatic heterocycles. The molecular formula is C15H33N3O2. The highest BCUT2D eigenvalue weighted by Crippen LogP contribution is 2.20. The number of carbonyl (C=O) groups excluding carboxylic acids is 1. The van der Waals surface area contributed by atoms with E-state index in [1.54, 1.807) is 6.92 Å². The molecule has 0 bridgehead atoms. The molecule has 0 rings (SSSR count). The summed E-state index contributed by atoms with van der Waals surface area (Å²) in [5.74, 6) is 1.04. The van der Waals surface area contributed by atoms with Gasteiger partial charge in [-0.05, 0) is 52.2 Å². The number of hydrogen-bond donors (Lipinski definition) is 3. The van der Waals surface area contributed by atoms with E-state index in [0.29, 0.717) is 31.3 Å². The molecule has 2 unspecified atom stereocenters. The summed E-state index contributed by atoms with van der Waals surface area (Å²) in [5.41, 5.74) is 4.70. The average Bonchev–Trinajstić information content (AvgIpc) is 2.30. The van der Waals surface area contributed by atoms with Crippen molar-refractivity contribution in [3.8, 4) is 0 Å². The quantitative estimate of drug-likeness (QED) is 0.556. The highest BCUT2D eigenvalue weighted by atomic mass is 16.3. The maximum atomic E-state index is 11.8. The Labute approximate surface area is 123 Å². The molecule has 0 radical (unpaired) electrons. The molecule has 120 valence electrons. The van der Waals surface area contributed by atoms with Gasteiger partial charge in [0.1, 0.15) is 0 Å². The van der Waals surface area contributed by atoms with E-state index in [4.69, 9.17) is 5.73 Å². The molecule has 0 heterocycles. The first kappa shape index (κ1) is 19.4. The topological polar surface area (TPSA) is 78.6 Å². The van der Waals surface area contributed by atoms with E-state index in [2.05, 4.69) is 19.2 Å². The van der Waals surface area contributed by atoms with Crippen molar-refractivity contribution in [2.75, 3.05) is 33.7 Å². The third kappa shape index (κ3) is 9.28. The third-order valence-electron chi connectivity index (χ3n) is 3.55. The molecule has 0 aromatic heterocycles. The Hall–Kier alpha value is -0.650. The van der Waals surface area contributed by atoms with Crippen molar-refractivity contribution in [3.05, 3.63) is 0 Å². The number of nitrogens with two attached hydrogens (primary N) is 1. The molecule has 0 aromatic rings. The lowest BCUT2D eigenvalue weighted by Gasteiger charge is -2.27. The van der Waals surface area contributed by atoms with Gasteiger partial charge in [-0.25, -0.2) is 0 Å². The standard InChI is InChI=1S/C15H33N3O2/c1-12(2)13(8-9-16)6-7-14(19)17-10-15(3,20)11-18(4)5/h12-13,20H,6-11,16H2,1-5H3,(H,17,19). The summed E-state index contributed by atoms with van der Waals surface area (Å²) in [7, 11) is 3.80. The van der Waals surface area contributed by atoms with Crippen LogP contribution in [-0.2, 0) is 4.79 Å². The lowest BCUT2D eigenvalue weighted by atomic mass is 9.88. The van der Waals surface area contributed by atoms with Crippen LogP contribution in [0, 0.1) is 11.8 Å². The van der Waals surface area contributed by atoms with E-state index >= 15 is 0 Å². The van der Waals surface area contributed by atoms with E-state index < -0.39 is 5.60 Å². The SMILES string of the molecule is CC(C)C(CCN)CCC(=O)NCC(C)(O)CN(C)C. The van der Waals surface area contributed by atoms with Crippen LogP contribution in [0.3, 0.4) is 0 Å². The predicted molar refractivity (Wildman–Crippen MR) is 83.4 cm³/mol. The number of nitrogens with one attached hydrogen (secondary N) is 1. The second-order valence-electron chi connectivity index (χ2n) is 6.63. The summed E-state index contributed by atoms with van der Waals surface area (Å²) in [6.07, 6.45) is 2.32. The van der Waals surface area contributed by atoms with E-state index in [1.807, 2.05) is 19.0 Å². The van der Waals surface area contributed by atoms with Gasteiger partial charge >= 0.3 is 0 Å². The van der Waals surface area contributed by atoms with Gasteiger partial charge in [-0.15, -0.1) is 0 Å². The first-order valence-corrected chi connectivity index (χ1v) is 7.52. The average molecular weight is 287 g/mol. The lowest BCUT2D eigenvalue weighted by molar-refractivity contribution is -0.122. The van der Waals surface area contributed by atoms with Gasteiger partial charge in [-0.2, -0.15) is 0 Å². The van der Waals surface area contributed by atoms with Gasteiger partial charge in [0.25, 0.3) is 0 Å². The fourth-order valence-corrected chi connectivity index (χ4v) is 2.46. The van der Waals surface area contributed by atoms with Crippen molar-refractivity contribution in [1.82, 2.24) is 10.2 Å². The zero-order chi connectivity index (χ0) is 15.8. The summed E-state index contributed by atoms with van der Waals surface area (Å²) in [6, 6.07) is 0. The van der Waals surface area contributed by atoms with Crippen molar-refractivity contribution in [1.29, 1.82) is 0 Å². The number of carbonyl (C=O) groups is 1. The molecule has 0 fully saturated rings. The molecule has 0 aromatic carbocycles. The van der Waals surface area contributed by atoms with E-state index in [-0.39, 0.29) is 12.5 Å². The molecule has 1 amide bonds. The van der Waals surface area contributed by atoms with Crippen molar-refractivity contribution >= 4 is 5.91 Å². The lowest BCUT2D eigenvalue weighted by Crippen LogP contribution is -2.47. The summed E-state index contributed by atoms with van der Waals surface area (Å²) in [4.78, 5) is 13.7. The van der Waals surface area contributed by atoms with Crippen molar-refractivity contribution in [2.24, 2.45) is 17.6 Å². The second-order valence-corrected chi connectivity index (χ2v) is 6.63. The van der Waals surface area contributed by atoms with Crippen LogP contribution >= 0.6 is 0 Å². The smallest absolute Gasteiger partial charge is 0.220 e. The zero-order valence-electron chi connectivity index (χ0n) is 13.8. The molecule has 0 aliphatic carbocycles. The zero-order valence-corrected chi connectivity index (χ0v) is 13.8.